The fraction of sp³-hybridized carbons (Fsp3) is 0.324. The molecule has 10 nitrogen and oxygen atoms in total. The topological polar surface area (TPSA) is 143 Å². The third kappa shape index (κ3) is 5.69. The van der Waals surface area contributed by atoms with E-state index in [-0.39, 0.29) is 29.4 Å². The van der Waals surface area contributed by atoms with E-state index in [0.717, 1.165) is 44.0 Å². The van der Waals surface area contributed by atoms with Crippen molar-refractivity contribution in [2.45, 2.75) is 52.5 Å². The van der Waals surface area contributed by atoms with Crippen LogP contribution in [0.1, 0.15) is 48.6 Å². The number of phenolic OH excluding ortho intramolecular Hbond substituents is 1. The third-order valence-corrected chi connectivity index (χ3v) is 9.28. The molecule has 0 radical (unpaired) electrons. The van der Waals surface area contributed by atoms with Crippen LogP contribution in [-0.4, -0.2) is 45.1 Å². The Labute approximate surface area is 261 Å². The van der Waals surface area contributed by atoms with Gasteiger partial charge in [-0.25, -0.2) is 4.90 Å². The van der Waals surface area contributed by atoms with Crippen molar-refractivity contribution >= 4 is 42.0 Å². The lowest BCUT2D eigenvalue weighted by Gasteiger charge is -2.42. The average molecular weight is 607 g/mol. The molecule has 0 spiro atoms. The molecule has 2 N–H and O–H groups in total. The van der Waals surface area contributed by atoms with Crippen LogP contribution >= 0.6 is 0 Å². The Bertz CT molecular complexity index is 1730. The fourth-order valence-electron chi connectivity index (χ4n) is 7.31. The van der Waals surface area contributed by atoms with Gasteiger partial charge in [-0.15, -0.1) is 0 Å². The lowest BCUT2D eigenvalue weighted by Crippen LogP contribution is -2.46. The minimum atomic E-state index is -1.12. The first-order valence-electron chi connectivity index (χ1n) is 15.1. The van der Waals surface area contributed by atoms with Crippen LogP contribution in [0.4, 0.5) is 11.4 Å². The van der Waals surface area contributed by atoms with Gasteiger partial charge in [-0.3, -0.25) is 24.7 Å². The number of hydrogen-bond acceptors (Lipinski definition) is 8. The molecular formula is C34H34BN3O7. The van der Waals surface area contributed by atoms with Crippen molar-refractivity contribution in [1.29, 1.82) is 0 Å². The molecule has 0 saturated carbocycles. The number of aromatic hydroxyl groups is 1. The maximum absolute atomic E-state index is 13.9. The Kier molecular flexibility index (Phi) is 8.15. The molecule has 0 unspecified atom stereocenters. The maximum Gasteiger partial charge on any atom is 0.455 e. The van der Waals surface area contributed by atoms with Crippen LogP contribution in [-0.2, 0) is 14.2 Å². The van der Waals surface area contributed by atoms with E-state index in [2.05, 4.69) is 4.98 Å². The van der Waals surface area contributed by atoms with Gasteiger partial charge in [-0.2, -0.15) is 0 Å². The van der Waals surface area contributed by atoms with Gasteiger partial charge < -0.3 is 14.8 Å². The highest BCUT2D eigenvalue weighted by atomic mass is 16.6. The number of aromatic nitrogens is 1. The zero-order valence-corrected chi connectivity index (χ0v) is 25.3. The predicted octanol–water partition coefficient (Wildman–Crippen LogP) is 5.65. The Morgan fingerprint density at radius 3 is 2.53 bits per heavy atom. The summed E-state index contributed by atoms with van der Waals surface area (Å²) in [5.41, 5.74) is 6.12. The van der Waals surface area contributed by atoms with Crippen molar-refractivity contribution in [3.05, 3.63) is 104 Å². The SMILES string of the molecule is CC1=C2[C@@H](CC/C(=C/c3cc(C)c(O)c(C)c3)c3ccccn3)OB(O)C[C@@H]2[C@@H]2C(=O)N(c3cccc([N+](=O)[O-])c3)C(=O)[C@@H]2C1. The number of phenols is 1. The summed E-state index contributed by atoms with van der Waals surface area (Å²) in [6.45, 7) is 5.68. The quantitative estimate of drug-likeness (QED) is 0.115. The molecule has 45 heavy (non-hydrogen) atoms. The largest absolute Gasteiger partial charge is 0.507 e. The Balaban J connectivity index is 1.30. The zero-order chi connectivity index (χ0) is 32.0. The van der Waals surface area contributed by atoms with Crippen molar-refractivity contribution in [3.8, 4) is 5.75 Å². The molecule has 2 fully saturated rings. The van der Waals surface area contributed by atoms with E-state index >= 15 is 0 Å². The number of hydrogen-bond donors (Lipinski definition) is 2. The molecule has 6 rings (SSSR count). The number of nitro benzene ring substituents is 1. The summed E-state index contributed by atoms with van der Waals surface area (Å²) in [5, 5.41) is 32.5. The van der Waals surface area contributed by atoms with Gasteiger partial charge in [-0.1, -0.05) is 17.7 Å². The van der Waals surface area contributed by atoms with Crippen LogP contribution in [0, 0.1) is 41.7 Å². The zero-order valence-electron chi connectivity index (χ0n) is 25.3. The minimum absolute atomic E-state index is 0.182. The molecule has 4 atom stereocenters. The van der Waals surface area contributed by atoms with Crippen LogP contribution in [0.2, 0.25) is 6.32 Å². The first-order chi connectivity index (χ1) is 21.5. The van der Waals surface area contributed by atoms with Gasteiger partial charge in [0.15, 0.2) is 0 Å². The number of non-ortho nitro benzene ring substituents is 1. The van der Waals surface area contributed by atoms with Gasteiger partial charge in [0.2, 0.25) is 11.8 Å². The van der Waals surface area contributed by atoms with E-state index in [1.807, 2.05) is 57.2 Å². The average Bonchev–Trinajstić information content (AvgIpc) is 3.26. The monoisotopic (exact) mass is 607 g/mol. The highest BCUT2D eigenvalue weighted by Gasteiger charge is 2.57. The summed E-state index contributed by atoms with van der Waals surface area (Å²) in [4.78, 5) is 44.0. The Hall–Kier alpha value is -4.61. The highest BCUT2D eigenvalue weighted by molar-refractivity contribution is 6.43. The predicted molar refractivity (Wildman–Crippen MR) is 170 cm³/mol. The van der Waals surface area contributed by atoms with Crippen molar-refractivity contribution < 1.29 is 29.3 Å². The lowest BCUT2D eigenvalue weighted by molar-refractivity contribution is -0.384. The van der Waals surface area contributed by atoms with Crippen LogP contribution in [0.3, 0.4) is 0 Å². The molecule has 11 heteroatoms. The van der Waals surface area contributed by atoms with Gasteiger partial charge in [0.1, 0.15) is 5.75 Å². The number of anilines is 1. The second kappa shape index (κ2) is 12.1. The molecule has 230 valence electrons. The Morgan fingerprint density at radius 2 is 1.84 bits per heavy atom. The van der Waals surface area contributed by atoms with Crippen molar-refractivity contribution in [3.63, 3.8) is 0 Å². The number of rotatable bonds is 7. The Morgan fingerprint density at radius 1 is 1.09 bits per heavy atom. The number of benzene rings is 2. The van der Waals surface area contributed by atoms with Gasteiger partial charge in [0, 0.05) is 18.3 Å². The molecule has 3 aliphatic rings. The number of carbonyl (C=O) groups excluding carboxylic acids is 2. The molecule has 3 aromatic rings. The smallest absolute Gasteiger partial charge is 0.455 e. The maximum atomic E-state index is 13.9. The van der Waals surface area contributed by atoms with Crippen LogP contribution in [0.15, 0.2) is 71.9 Å². The summed E-state index contributed by atoms with van der Waals surface area (Å²) >= 11 is 0. The third-order valence-electron chi connectivity index (χ3n) is 9.28. The fourth-order valence-corrected chi connectivity index (χ4v) is 7.31. The second-order valence-electron chi connectivity index (χ2n) is 12.2. The molecular weight excluding hydrogens is 573 g/mol. The molecule has 2 saturated heterocycles. The van der Waals surface area contributed by atoms with Crippen molar-refractivity contribution in [2.24, 2.45) is 17.8 Å². The van der Waals surface area contributed by atoms with Gasteiger partial charge >= 0.3 is 7.12 Å². The number of amides is 2. The normalized spacial score (nSPS) is 23.3. The van der Waals surface area contributed by atoms with Crippen molar-refractivity contribution in [1.82, 2.24) is 4.98 Å². The van der Waals surface area contributed by atoms with E-state index < -0.39 is 41.8 Å². The second-order valence-corrected chi connectivity index (χ2v) is 12.2. The summed E-state index contributed by atoms with van der Waals surface area (Å²) < 4.78 is 6.11. The number of carbonyl (C=O) groups is 2. The number of imide groups is 1. The summed E-state index contributed by atoms with van der Waals surface area (Å²) in [6, 6.07) is 15.1. The number of nitro groups is 1. The first kappa shape index (κ1) is 30.4. The van der Waals surface area contributed by atoms with Gasteiger partial charge in [0.25, 0.3) is 5.69 Å². The summed E-state index contributed by atoms with van der Waals surface area (Å²) in [6.07, 6.45) is 4.91. The van der Waals surface area contributed by atoms with E-state index in [0.29, 0.717) is 19.3 Å². The van der Waals surface area contributed by atoms with Gasteiger partial charge in [0.05, 0.1) is 34.2 Å². The molecule has 0 bridgehead atoms. The standard InChI is InChI=1S/C34H34BN3O7/c1-19-15-26-31(34(41)37(33(26)40)24-7-6-8-25(17-24)38(43)44)27-18-35(42)45-29(30(19)27)11-10-23(28-9-4-5-12-36-28)16-22-13-20(2)32(39)21(3)14-22/h4-9,12-14,16-17,26-27,29,31,39,42H,10-11,15,18H2,1-3H3/b23-16-/t26-,27+,29-,31-/m1/s1. The van der Waals surface area contributed by atoms with Crippen LogP contribution in [0.5, 0.6) is 5.75 Å². The van der Waals surface area contributed by atoms with Gasteiger partial charge in [-0.05, 0) is 117 Å². The lowest BCUT2D eigenvalue weighted by atomic mass is 9.58. The molecule has 2 aromatic carbocycles. The first-order valence-corrected chi connectivity index (χ1v) is 15.1. The van der Waals surface area contributed by atoms with Crippen molar-refractivity contribution in [2.75, 3.05) is 4.90 Å². The number of nitrogens with zero attached hydrogens (tertiary/aromatic N) is 3. The van der Waals surface area contributed by atoms with E-state index in [4.69, 9.17) is 4.65 Å². The molecule has 1 aromatic heterocycles. The number of aryl methyl sites for hydroxylation is 2. The van der Waals surface area contributed by atoms with Crippen LogP contribution < -0.4 is 4.90 Å². The minimum Gasteiger partial charge on any atom is -0.507 e. The molecule has 2 amide bonds. The molecule has 3 heterocycles. The van der Waals surface area contributed by atoms with E-state index in [9.17, 15) is 29.8 Å². The summed E-state index contributed by atoms with van der Waals surface area (Å²) in [5.74, 6) is -2.21. The van der Waals surface area contributed by atoms with E-state index in [1.165, 1.54) is 24.3 Å². The molecule has 2 aliphatic heterocycles. The molecule has 1 aliphatic carbocycles. The summed E-state index contributed by atoms with van der Waals surface area (Å²) in [7, 11) is -1.12. The van der Waals surface area contributed by atoms with E-state index in [1.54, 1.807) is 6.20 Å². The number of allylic oxidation sites excluding steroid dienone is 2. The number of pyridine rings is 1. The van der Waals surface area contributed by atoms with Crippen LogP contribution in [0.25, 0.3) is 11.6 Å². The number of fused-ring (bicyclic) bond motifs is 3. The highest BCUT2D eigenvalue weighted by Crippen LogP contribution is 2.51.